The first-order valence-corrected chi connectivity index (χ1v) is 6.12. The second kappa shape index (κ2) is 5.66. The molecule has 2 rings (SSSR count). The van der Waals surface area contributed by atoms with E-state index in [-0.39, 0.29) is 22.6 Å². The summed E-state index contributed by atoms with van der Waals surface area (Å²) in [5.74, 6) is -0.616. The SMILES string of the molecule is COC(=O)c1ccc(C)nc1-c1nc(C)ccc1[N+](=O)[O-]. The Morgan fingerprint density at radius 2 is 1.67 bits per heavy atom. The van der Waals surface area contributed by atoms with Crippen molar-refractivity contribution in [3.8, 4) is 11.4 Å². The molecule has 7 heteroatoms. The van der Waals surface area contributed by atoms with Gasteiger partial charge in [-0.15, -0.1) is 0 Å². The van der Waals surface area contributed by atoms with E-state index in [0.717, 1.165) is 0 Å². The van der Waals surface area contributed by atoms with Crippen LogP contribution in [0.2, 0.25) is 0 Å². The Kier molecular flexibility index (Phi) is 3.93. The Morgan fingerprint density at radius 1 is 1.10 bits per heavy atom. The number of nitro groups is 1. The lowest BCUT2D eigenvalue weighted by atomic mass is 10.1. The van der Waals surface area contributed by atoms with Crippen molar-refractivity contribution in [2.75, 3.05) is 7.11 Å². The number of aromatic nitrogens is 2. The largest absolute Gasteiger partial charge is 0.465 e. The van der Waals surface area contributed by atoms with Crippen molar-refractivity contribution in [3.05, 3.63) is 51.3 Å². The molecule has 0 N–H and O–H groups in total. The maximum absolute atomic E-state index is 11.8. The summed E-state index contributed by atoms with van der Waals surface area (Å²) in [5, 5.41) is 11.2. The van der Waals surface area contributed by atoms with Gasteiger partial charge in [0.05, 0.1) is 17.6 Å². The van der Waals surface area contributed by atoms with Gasteiger partial charge in [-0.1, -0.05) is 0 Å². The van der Waals surface area contributed by atoms with Gasteiger partial charge in [-0.3, -0.25) is 15.1 Å². The third-order valence-electron chi connectivity index (χ3n) is 2.87. The summed E-state index contributed by atoms with van der Waals surface area (Å²) in [6, 6.07) is 6.05. The van der Waals surface area contributed by atoms with Crippen LogP contribution in [0.5, 0.6) is 0 Å². The molecule has 2 aromatic rings. The first-order chi connectivity index (χ1) is 9.93. The van der Waals surface area contributed by atoms with E-state index in [1.165, 1.54) is 25.3 Å². The third-order valence-corrected chi connectivity index (χ3v) is 2.87. The maximum atomic E-state index is 11.8. The zero-order chi connectivity index (χ0) is 15.6. The van der Waals surface area contributed by atoms with Crippen LogP contribution < -0.4 is 0 Å². The molecule has 2 aromatic heterocycles. The summed E-state index contributed by atoms with van der Waals surface area (Å²) >= 11 is 0. The quantitative estimate of drug-likeness (QED) is 0.489. The van der Waals surface area contributed by atoms with Gasteiger partial charge >= 0.3 is 5.97 Å². The zero-order valence-electron chi connectivity index (χ0n) is 11.8. The fourth-order valence-electron chi connectivity index (χ4n) is 1.88. The van der Waals surface area contributed by atoms with Crippen LogP contribution in [0, 0.1) is 24.0 Å². The molecular formula is C14H13N3O4. The summed E-state index contributed by atoms with van der Waals surface area (Å²) < 4.78 is 4.69. The Labute approximate surface area is 120 Å². The minimum absolute atomic E-state index is 0.0594. The molecule has 2 heterocycles. The molecule has 108 valence electrons. The molecule has 0 aromatic carbocycles. The van der Waals surface area contributed by atoms with Gasteiger partial charge in [0.2, 0.25) is 0 Å². The first kappa shape index (κ1) is 14.6. The normalized spacial score (nSPS) is 10.2. The lowest BCUT2D eigenvalue weighted by Crippen LogP contribution is -2.08. The fourth-order valence-corrected chi connectivity index (χ4v) is 1.88. The van der Waals surface area contributed by atoms with E-state index in [1.807, 2.05) is 0 Å². The molecule has 0 unspecified atom stereocenters. The lowest BCUT2D eigenvalue weighted by Gasteiger charge is -2.08. The highest BCUT2D eigenvalue weighted by atomic mass is 16.6. The molecule has 0 amide bonds. The summed E-state index contributed by atoms with van der Waals surface area (Å²) in [6.45, 7) is 3.44. The van der Waals surface area contributed by atoms with E-state index in [2.05, 4.69) is 9.97 Å². The summed E-state index contributed by atoms with van der Waals surface area (Å²) in [5.41, 5.74) is 1.36. The van der Waals surface area contributed by atoms with Gasteiger partial charge in [-0.05, 0) is 32.0 Å². The molecule has 0 saturated carbocycles. The van der Waals surface area contributed by atoms with E-state index < -0.39 is 10.9 Å². The van der Waals surface area contributed by atoms with Gasteiger partial charge in [0.25, 0.3) is 5.69 Å². The first-order valence-electron chi connectivity index (χ1n) is 6.12. The van der Waals surface area contributed by atoms with Crippen molar-refractivity contribution >= 4 is 11.7 Å². The van der Waals surface area contributed by atoms with Gasteiger partial charge in [0, 0.05) is 17.5 Å². The molecule has 7 nitrogen and oxygen atoms in total. The Balaban J connectivity index is 2.77. The van der Waals surface area contributed by atoms with Crippen LogP contribution >= 0.6 is 0 Å². The number of rotatable bonds is 3. The van der Waals surface area contributed by atoms with Crippen molar-refractivity contribution in [1.82, 2.24) is 9.97 Å². The number of pyridine rings is 2. The lowest BCUT2D eigenvalue weighted by molar-refractivity contribution is -0.384. The van der Waals surface area contributed by atoms with E-state index in [0.29, 0.717) is 11.4 Å². The number of nitrogens with zero attached hydrogens (tertiary/aromatic N) is 3. The van der Waals surface area contributed by atoms with Crippen LogP contribution in [0.25, 0.3) is 11.4 Å². The van der Waals surface area contributed by atoms with Gasteiger partial charge in [0.1, 0.15) is 5.69 Å². The van der Waals surface area contributed by atoms with Crippen molar-refractivity contribution in [2.45, 2.75) is 13.8 Å². The molecule has 0 aliphatic rings. The molecular weight excluding hydrogens is 274 g/mol. The number of carbonyl (C=O) groups excluding carboxylic acids is 1. The standard InChI is InChI=1S/C14H13N3O4/c1-8-4-6-10(14(18)21-3)12(15-8)13-11(17(19)20)7-5-9(2)16-13/h4-7H,1-3H3. The van der Waals surface area contributed by atoms with Gasteiger partial charge < -0.3 is 4.74 Å². The number of methoxy groups -OCH3 is 1. The molecule has 0 radical (unpaired) electrons. The van der Waals surface area contributed by atoms with E-state index >= 15 is 0 Å². The minimum atomic E-state index is -0.616. The smallest absolute Gasteiger partial charge is 0.340 e. The van der Waals surface area contributed by atoms with E-state index in [9.17, 15) is 14.9 Å². The van der Waals surface area contributed by atoms with Gasteiger partial charge in [-0.25, -0.2) is 9.78 Å². The second-order valence-corrected chi connectivity index (χ2v) is 4.42. The number of hydrogen-bond acceptors (Lipinski definition) is 6. The predicted molar refractivity (Wildman–Crippen MR) is 74.9 cm³/mol. The highest BCUT2D eigenvalue weighted by Gasteiger charge is 2.24. The predicted octanol–water partition coefficient (Wildman–Crippen LogP) is 2.46. The highest BCUT2D eigenvalue weighted by Crippen LogP contribution is 2.29. The second-order valence-electron chi connectivity index (χ2n) is 4.42. The maximum Gasteiger partial charge on any atom is 0.340 e. The van der Waals surface area contributed by atoms with Crippen LogP contribution in [-0.4, -0.2) is 28.0 Å². The number of esters is 1. The Hall–Kier alpha value is -2.83. The Bertz CT molecular complexity index is 728. The van der Waals surface area contributed by atoms with Crippen LogP contribution in [0.15, 0.2) is 24.3 Å². The monoisotopic (exact) mass is 287 g/mol. The van der Waals surface area contributed by atoms with Crippen LogP contribution in [0.4, 0.5) is 5.69 Å². The third kappa shape index (κ3) is 2.86. The van der Waals surface area contributed by atoms with Crippen LogP contribution in [0.3, 0.4) is 0 Å². The molecule has 0 bridgehead atoms. The van der Waals surface area contributed by atoms with Crippen molar-refractivity contribution in [3.63, 3.8) is 0 Å². The molecule has 0 fully saturated rings. The van der Waals surface area contributed by atoms with Gasteiger partial charge in [0.15, 0.2) is 5.69 Å². The molecule has 0 spiro atoms. The molecule has 0 saturated heterocycles. The number of hydrogen-bond donors (Lipinski definition) is 0. The molecule has 0 aliphatic heterocycles. The van der Waals surface area contributed by atoms with Crippen LogP contribution in [0.1, 0.15) is 21.7 Å². The van der Waals surface area contributed by atoms with Gasteiger partial charge in [-0.2, -0.15) is 0 Å². The average molecular weight is 287 g/mol. The number of ether oxygens (including phenoxy) is 1. The van der Waals surface area contributed by atoms with E-state index in [1.54, 1.807) is 19.9 Å². The zero-order valence-corrected chi connectivity index (χ0v) is 11.8. The Morgan fingerprint density at radius 3 is 2.24 bits per heavy atom. The average Bonchev–Trinajstić information content (AvgIpc) is 2.46. The van der Waals surface area contributed by atoms with Crippen LogP contribution in [-0.2, 0) is 4.74 Å². The topological polar surface area (TPSA) is 95.2 Å². The minimum Gasteiger partial charge on any atom is -0.465 e. The molecule has 21 heavy (non-hydrogen) atoms. The summed E-state index contributed by atoms with van der Waals surface area (Å²) in [4.78, 5) is 30.8. The van der Waals surface area contributed by atoms with Crippen molar-refractivity contribution < 1.29 is 14.5 Å². The van der Waals surface area contributed by atoms with E-state index in [4.69, 9.17) is 4.74 Å². The number of aryl methyl sites for hydroxylation is 2. The fraction of sp³-hybridized carbons (Fsp3) is 0.214. The summed E-state index contributed by atoms with van der Waals surface area (Å²) in [7, 11) is 1.24. The molecule has 0 aliphatic carbocycles. The van der Waals surface area contributed by atoms with Crippen molar-refractivity contribution in [2.24, 2.45) is 0 Å². The number of carbonyl (C=O) groups is 1. The highest BCUT2D eigenvalue weighted by molar-refractivity contribution is 5.96. The molecule has 0 atom stereocenters. The van der Waals surface area contributed by atoms with Crippen molar-refractivity contribution in [1.29, 1.82) is 0 Å². The summed E-state index contributed by atoms with van der Waals surface area (Å²) in [6.07, 6.45) is 0.